The maximum absolute atomic E-state index is 13.1. The number of fused-ring (bicyclic) bond motifs is 1. The Hall–Kier alpha value is -2.40. The molecule has 0 aliphatic heterocycles. The Bertz CT molecular complexity index is 778. The SMILES string of the molecule is C=CC1CCc2cc(C#Cc3ccc(F)c(F)c3)ccc2C1. The quantitative estimate of drug-likeness (QED) is 0.530. The number of hydrogen-bond donors (Lipinski definition) is 0. The van der Waals surface area contributed by atoms with Crippen LogP contribution in [0.15, 0.2) is 49.1 Å². The highest BCUT2D eigenvalue weighted by atomic mass is 19.2. The molecule has 0 aromatic heterocycles. The maximum atomic E-state index is 13.1. The molecule has 1 atom stereocenters. The molecule has 2 aromatic carbocycles. The lowest BCUT2D eigenvalue weighted by molar-refractivity contribution is 0.508. The third-order valence-corrected chi connectivity index (χ3v) is 4.08. The van der Waals surface area contributed by atoms with E-state index >= 15 is 0 Å². The van der Waals surface area contributed by atoms with Gasteiger partial charge in [0.05, 0.1) is 0 Å². The lowest BCUT2D eigenvalue weighted by atomic mass is 9.83. The van der Waals surface area contributed by atoms with Crippen LogP contribution in [0.2, 0.25) is 0 Å². The average Bonchev–Trinajstić information content (AvgIpc) is 2.55. The summed E-state index contributed by atoms with van der Waals surface area (Å²) in [6, 6.07) is 9.90. The summed E-state index contributed by atoms with van der Waals surface area (Å²) in [7, 11) is 0. The zero-order valence-electron chi connectivity index (χ0n) is 12.2. The van der Waals surface area contributed by atoms with Crippen molar-refractivity contribution in [3.63, 3.8) is 0 Å². The number of aryl methyl sites for hydroxylation is 1. The van der Waals surface area contributed by atoms with E-state index in [9.17, 15) is 8.78 Å². The van der Waals surface area contributed by atoms with Crippen LogP contribution in [0.4, 0.5) is 8.78 Å². The molecular formula is C20H16F2. The van der Waals surface area contributed by atoms with Crippen molar-refractivity contribution in [1.29, 1.82) is 0 Å². The third kappa shape index (κ3) is 3.09. The minimum absolute atomic E-state index is 0.475. The zero-order valence-corrected chi connectivity index (χ0v) is 12.2. The fourth-order valence-corrected chi connectivity index (χ4v) is 2.78. The molecule has 0 saturated heterocycles. The second kappa shape index (κ2) is 6.15. The standard InChI is InChI=1S/C20H16F2/c1-2-14-5-8-18-12-15(6-9-17(18)11-14)3-4-16-7-10-19(21)20(22)13-16/h2,6-7,9-10,12-14H,1,5,8,11H2. The summed E-state index contributed by atoms with van der Waals surface area (Å²) in [5.41, 5.74) is 4.06. The summed E-state index contributed by atoms with van der Waals surface area (Å²) in [5.74, 6) is 4.75. The van der Waals surface area contributed by atoms with Crippen molar-refractivity contribution in [1.82, 2.24) is 0 Å². The van der Waals surface area contributed by atoms with Gasteiger partial charge in [-0.15, -0.1) is 6.58 Å². The van der Waals surface area contributed by atoms with Crippen LogP contribution in [0.3, 0.4) is 0 Å². The highest BCUT2D eigenvalue weighted by Crippen LogP contribution is 2.26. The molecular weight excluding hydrogens is 278 g/mol. The van der Waals surface area contributed by atoms with E-state index < -0.39 is 11.6 Å². The first-order valence-corrected chi connectivity index (χ1v) is 7.37. The average molecular weight is 294 g/mol. The lowest BCUT2D eigenvalue weighted by Gasteiger charge is -2.22. The van der Waals surface area contributed by atoms with E-state index in [1.54, 1.807) is 0 Å². The number of rotatable bonds is 1. The molecule has 0 heterocycles. The van der Waals surface area contributed by atoms with Gasteiger partial charge in [0, 0.05) is 11.1 Å². The van der Waals surface area contributed by atoms with Crippen molar-refractivity contribution < 1.29 is 8.78 Å². The van der Waals surface area contributed by atoms with E-state index in [-0.39, 0.29) is 0 Å². The molecule has 22 heavy (non-hydrogen) atoms. The van der Waals surface area contributed by atoms with Gasteiger partial charge in [0.25, 0.3) is 0 Å². The van der Waals surface area contributed by atoms with Crippen LogP contribution < -0.4 is 0 Å². The van der Waals surface area contributed by atoms with Gasteiger partial charge in [-0.2, -0.15) is 0 Å². The predicted molar refractivity (Wildman–Crippen MR) is 84.5 cm³/mol. The molecule has 0 bridgehead atoms. The van der Waals surface area contributed by atoms with Crippen LogP contribution in [0.25, 0.3) is 0 Å². The van der Waals surface area contributed by atoms with Crippen molar-refractivity contribution in [3.05, 3.63) is 82.9 Å². The molecule has 0 spiro atoms. The summed E-state index contributed by atoms with van der Waals surface area (Å²) in [6.07, 6.45) is 5.22. The van der Waals surface area contributed by atoms with Gasteiger partial charge in [-0.25, -0.2) is 8.78 Å². The van der Waals surface area contributed by atoms with Crippen molar-refractivity contribution in [3.8, 4) is 11.8 Å². The smallest absolute Gasteiger partial charge is 0.160 e. The number of halogens is 2. The van der Waals surface area contributed by atoms with E-state index in [4.69, 9.17) is 0 Å². The first kappa shape index (κ1) is 14.5. The van der Waals surface area contributed by atoms with Gasteiger partial charge in [-0.05, 0) is 66.6 Å². The Kier molecular flexibility index (Phi) is 4.06. The van der Waals surface area contributed by atoms with Gasteiger partial charge >= 0.3 is 0 Å². The summed E-state index contributed by atoms with van der Waals surface area (Å²) < 4.78 is 26.0. The van der Waals surface area contributed by atoms with E-state index in [1.165, 1.54) is 17.2 Å². The van der Waals surface area contributed by atoms with Crippen LogP contribution in [-0.4, -0.2) is 0 Å². The molecule has 0 radical (unpaired) electrons. The first-order valence-electron chi connectivity index (χ1n) is 7.37. The van der Waals surface area contributed by atoms with Crippen LogP contribution in [0, 0.1) is 29.4 Å². The fraction of sp³-hybridized carbons (Fsp3) is 0.200. The molecule has 0 fully saturated rings. The van der Waals surface area contributed by atoms with E-state index in [0.29, 0.717) is 11.5 Å². The molecule has 2 aromatic rings. The summed E-state index contributed by atoms with van der Waals surface area (Å²) in [6.45, 7) is 3.87. The Labute approximate surface area is 129 Å². The molecule has 0 amide bonds. The number of hydrogen-bond acceptors (Lipinski definition) is 0. The Morgan fingerprint density at radius 2 is 1.68 bits per heavy atom. The third-order valence-electron chi connectivity index (χ3n) is 4.08. The molecule has 0 nitrogen and oxygen atoms in total. The molecule has 2 heteroatoms. The highest BCUT2D eigenvalue weighted by molar-refractivity contribution is 5.46. The van der Waals surface area contributed by atoms with Gasteiger partial charge in [0.15, 0.2) is 11.6 Å². The van der Waals surface area contributed by atoms with Crippen LogP contribution in [-0.2, 0) is 12.8 Å². The van der Waals surface area contributed by atoms with Crippen LogP contribution >= 0.6 is 0 Å². The second-order valence-corrected chi connectivity index (χ2v) is 5.60. The van der Waals surface area contributed by atoms with Crippen LogP contribution in [0.5, 0.6) is 0 Å². The second-order valence-electron chi connectivity index (χ2n) is 5.60. The van der Waals surface area contributed by atoms with Crippen molar-refractivity contribution in [2.75, 3.05) is 0 Å². The largest absolute Gasteiger partial charge is 0.204 e. The highest BCUT2D eigenvalue weighted by Gasteiger charge is 2.15. The fourth-order valence-electron chi connectivity index (χ4n) is 2.78. The van der Waals surface area contributed by atoms with Gasteiger partial charge in [-0.3, -0.25) is 0 Å². The Balaban J connectivity index is 1.84. The van der Waals surface area contributed by atoms with Crippen molar-refractivity contribution in [2.45, 2.75) is 19.3 Å². The van der Waals surface area contributed by atoms with E-state index in [2.05, 4.69) is 30.6 Å². The van der Waals surface area contributed by atoms with E-state index in [0.717, 1.165) is 37.0 Å². The van der Waals surface area contributed by atoms with Crippen LogP contribution in [0.1, 0.15) is 28.7 Å². The predicted octanol–water partition coefficient (Wildman–Crippen LogP) is 4.66. The summed E-state index contributed by atoms with van der Waals surface area (Å²) in [4.78, 5) is 0. The maximum Gasteiger partial charge on any atom is 0.160 e. The lowest BCUT2D eigenvalue weighted by Crippen LogP contribution is -2.12. The molecule has 1 aliphatic rings. The van der Waals surface area contributed by atoms with Crippen molar-refractivity contribution >= 4 is 0 Å². The molecule has 1 unspecified atom stereocenters. The summed E-state index contributed by atoms with van der Waals surface area (Å²) in [5, 5.41) is 0. The monoisotopic (exact) mass is 294 g/mol. The molecule has 110 valence electrons. The Morgan fingerprint density at radius 1 is 0.955 bits per heavy atom. The van der Waals surface area contributed by atoms with E-state index in [1.807, 2.05) is 12.1 Å². The number of allylic oxidation sites excluding steroid dienone is 1. The molecule has 0 N–H and O–H groups in total. The molecule has 0 saturated carbocycles. The van der Waals surface area contributed by atoms with Crippen molar-refractivity contribution in [2.24, 2.45) is 5.92 Å². The van der Waals surface area contributed by atoms with Gasteiger partial charge in [-0.1, -0.05) is 24.0 Å². The number of benzene rings is 2. The minimum Gasteiger partial charge on any atom is -0.204 e. The molecule has 3 rings (SSSR count). The minimum atomic E-state index is -0.868. The molecule has 1 aliphatic carbocycles. The topological polar surface area (TPSA) is 0 Å². The van der Waals surface area contributed by atoms with Gasteiger partial charge in [0.1, 0.15) is 0 Å². The normalized spacial score (nSPS) is 16.4. The zero-order chi connectivity index (χ0) is 15.5. The first-order chi connectivity index (χ1) is 10.7. The summed E-state index contributed by atoms with van der Waals surface area (Å²) >= 11 is 0. The van der Waals surface area contributed by atoms with Gasteiger partial charge < -0.3 is 0 Å². The Morgan fingerprint density at radius 3 is 2.41 bits per heavy atom. The van der Waals surface area contributed by atoms with Gasteiger partial charge in [0.2, 0.25) is 0 Å².